The second-order valence-electron chi connectivity index (χ2n) is 2.47. The van der Waals surface area contributed by atoms with Gasteiger partial charge in [0, 0.05) is 14.2 Å². The number of hydrogen-bond acceptors (Lipinski definition) is 2. The van der Waals surface area contributed by atoms with Crippen molar-refractivity contribution < 1.29 is 9.47 Å². The fourth-order valence-electron chi connectivity index (χ4n) is 0.679. The van der Waals surface area contributed by atoms with Crippen molar-refractivity contribution >= 4 is 0 Å². The van der Waals surface area contributed by atoms with Gasteiger partial charge in [-0.2, -0.15) is 0 Å². The molecule has 0 radical (unpaired) electrons. The molecule has 0 fully saturated rings. The highest BCUT2D eigenvalue weighted by Gasteiger charge is 1.96. The summed E-state index contributed by atoms with van der Waals surface area (Å²) in [4.78, 5) is 0. The lowest BCUT2D eigenvalue weighted by atomic mass is 10.2. The maximum absolute atomic E-state index is 4.98. The molecular weight excluding hydrogens is 128 g/mol. The van der Waals surface area contributed by atoms with Crippen LogP contribution >= 0.6 is 0 Å². The molecule has 0 rings (SSSR count). The molecule has 10 heavy (non-hydrogen) atoms. The first kappa shape index (κ1) is 9.66. The molecule has 60 valence electrons. The maximum Gasteiger partial charge on any atom is 0.0697 e. The summed E-state index contributed by atoms with van der Waals surface area (Å²) in [7, 11) is 3.39. The molecule has 0 bridgehead atoms. The molecule has 0 aliphatic rings. The Labute approximate surface area is 62.8 Å². The van der Waals surface area contributed by atoms with E-state index in [-0.39, 0.29) is 0 Å². The van der Waals surface area contributed by atoms with E-state index in [1.165, 1.54) is 11.1 Å². The highest BCUT2D eigenvalue weighted by Crippen LogP contribution is 2.03. The summed E-state index contributed by atoms with van der Waals surface area (Å²) in [6, 6.07) is 0. The molecule has 0 unspecified atom stereocenters. The van der Waals surface area contributed by atoms with E-state index in [9.17, 15) is 0 Å². The first-order valence-corrected chi connectivity index (χ1v) is 3.35. The minimum Gasteiger partial charge on any atom is -0.380 e. The number of allylic oxidation sites excluding steroid dienone is 1. The Kier molecular flexibility index (Phi) is 5.26. The standard InChI is InChI=1S/C8H16O2/c1-7(2)8(5-9-3)6-10-4/h5-6H2,1-4H3. The second kappa shape index (κ2) is 5.45. The molecular formula is C8H16O2. The summed E-state index contributed by atoms with van der Waals surface area (Å²) < 4.78 is 9.96. The van der Waals surface area contributed by atoms with Crippen LogP contribution < -0.4 is 0 Å². The molecule has 0 aromatic carbocycles. The summed E-state index contributed by atoms with van der Waals surface area (Å²) in [6.07, 6.45) is 0. The Bertz CT molecular complexity index is 104. The van der Waals surface area contributed by atoms with Crippen LogP contribution in [0.25, 0.3) is 0 Å². The van der Waals surface area contributed by atoms with E-state index in [1.54, 1.807) is 14.2 Å². The van der Waals surface area contributed by atoms with Crippen LogP contribution in [0.15, 0.2) is 11.1 Å². The van der Waals surface area contributed by atoms with Crippen LogP contribution in [0.3, 0.4) is 0 Å². The molecule has 0 aliphatic carbocycles. The van der Waals surface area contributed by atoms with E-state index in [4.69, 9.17) is 9.47 Å². The number of rotatable bonds is 4. The Morgan fingerprint density at radius 1 is 1.00 bits per heavy atom. The zero-order valence-corrected chi connectivity index (χ0v) is 7.23. The molecule has 0 aromatic rings. The minimum atomic E-state index is 0.677. The summed E-state index contributed by atoms with van der Waals surface area (Å²) in [5.41, 5.74) is 2.51. The van der Waals surface area contributed by atoms with Gasteiger partial charge >= 0.3 is 0 Å². The zero-order valence-electron chi connectivity index (χ0n) is 7.23. The monoisotopic (exact) mass is 144 g/mol. The lowest BCUT2D eigenvalue weighted by Gasteiger charge is -2.06. The van der Waals surface area contributed by atoms with Gasteiger partial charge in [-0.05, 0) is 19.4 Å². The zero-order chi connectivity index (χ0) is 7.98. The molecule has 0 saturated heterocycles. The first-order valence-electron chi connectivity index (χ1n) is 3.35. The molecule has 0 aromatic heterocycles. The van der Waals surface area contributed by atoms with Crippen molar-refractivity contribution in [2.24, 2.45) is 0 Å². The number of methoxy groups -OCH3 is 2. The van der Waals surface area contributed by atoms with E-state index < -0.39 is 0 Å². The molecule has 0 N–H and O–H groups in total. The van der Waals surface area contributed by atoms with Crippen LogP contribution in [0.2, 0.25) is 0 Å². The van der Waals surface area contributed by atoms with Crippen molar-refractivity contribution in [3.63, 3.8) is 0 Å². The van der Waals surface area contributed by atoms with Gasteiger partial charge in [-0.3, -0.25) is 0 Å². The van der Waals surface area contributed by atoms with Crippen molar-refractivity contribution in [1.29, 1.82) is 0 Å². The smallest absolute Gasteiger partial charge is 0.0697 e. The van der Waals surface area contributed by atoms with Crippen molar-refractivity contribution in [2.75, 3.05) is 27.4 Å². The van der Waals surface area contributed by atoms with Crippen LogP contribution in [-0.2, 0) is 9.47 Å². The molecule has 0 aliphatic heterocycles. The number of hydrogen-bond donors (Lipinski definition) is 0. The fourth-order valence-corrected chi connectivity index (χ4v) is 0.679. The predicted molar refractivity (Wildman–Crippen MR) is 42.1 cm³/mol. The van der Waals surface area contributed by atoms with Crippen LogP contribution in [-0.4, -0.2) is 27.4 Å². The van der Waals surface area contributed by atoms with E-state index in [1.807, 2.05) is 0 Å². The van der Waals surface area contributed by atoms with Crippen molar-refractivity contribution in [2.45, 2.75) is 13.8 Å². The van der Waals surface area contributed by atoms with Gasteiger partial charge in [-0.15, -0.1) is 0 Å². The minimum absolute atomic E-state index is 0.677. The Hall–Kier alpha value is -0.340. The first-order chi connectivity index (χ1) is 4.72. The molecule has 2 nitrogen and oxygen atoms in total. The highest BCUT2D eigenvalue weighted by molar-refractivity contribution is 5.10. The van der Waals surface area contributed by atoms with E-state index in [2.05, 4.69) is 13.8 Å². The third-order valence-corrected chi connectivity index (χ3v) is 1.34. The highest BCUT2D eigenvalue weighted by atomic mass is 16.5. The lowest BCUT2D eigenvalue weighted by Crippen LogP contribution is -2.03. The molecule has 0 saturated carbocycles. The van der Waals surface area contributed by atoms with Gasteiger partial charge in [0.2, 0.25) is 0 Å². The molecule has 0 amide bonds. The SMILES string of the molecule is COCC(COC)=C(C)C. The van der Waals surface area contributed by atoms with Gasteiger partial charge in [0.25, 0.3) is 0 Å². The third-order valence-electron chi connectivity index (χ3n) is 1.34. The van der Waals surface area contributed by atoms with E-state index in [0.717, 1.165) is 0 Å². The van der Waals surface area contributed by atoms with Crippen LogP contribution in [0.1, 0.15) is 13.8 Å². The lowest BCUT2D eigenvalue weighted by molar-refractivity contribution is 0.180. The van der Waals surface area contributed by atoms with Crippen LogP contribution in [0.4, 0.5) is 0 Å². The summed E-state index contributed by atoms with van der Waals surface area (Å²) in [5, 5.41) is 0. The average Bonchev–Trinajstić information content (AvgIpc) is 1.87. The maximum atomic E-state index is 4.98. The van der Waals surface area contributed by atoms with Gasteiger partial charge in [0.05, 0.1) is 13.2 Å². The molecule has 0 atom stereocenters. The summed E-state index contributed by atoms with van der Waals surface area (Å²) >= 11 is 0. The molecule has 0 heterocycles. The Balaban J connectivity index is 3.86. The third kappa shape index (κ3) is 3.64. The van der Waals surface area contributed by atoms with E-state index in [0.29, 0.717) is 13.2 Å². The van der Waals surface area contributed by atoms with E-state index >= 15 is 0 Å². The van der Waals surface area contributed by atoms with Crippen LogP contribution in [0, 0.1) is 0 Å². The average molecular weight is 144 g/mol. The predicted octanol–water partition coefficient (Wildman–Crippen LogP) is 1.62. The fraction of sp³-hybridized carbons (Fsp3) is 0.750. The normalized spacial score (nSPS) is 9.60. The van der Waals surface area contributed by atoms with Crippen molar-refractivity contribution in [1.82, 2.24) is 0 Å². The quantitative estimate of drug-likeness (QED) is 0.558. The summed E-state index contributed by atoms with van der Waals surface area (Å²) in [5.74, 6) is 0. The van der Waals surface area contributed by atoms with Gasteiger partial charge in [-0.25, -0.2) is 0 Å². The second-order valence-corrected chi connectivity index (χ2v) is 2.47. The van der Waals surface area contributed by atoms with Gasteiger partial charge < -0.3 is 9.47 Å². The largest absolute Gasteiger partial charge is 0.380 e. The Morgan fingerprint density at radius 3 is 1.60 bits per heavy atom. The van der Waals surface area contributed by atoms with Crippen molar-refractivity contribution in [3.05, 3.63) is 11.1 Å². The topological polar surface area (TPSA) is 18.5 Å². The number of ether oxygens (including phenoxy) is 2. The van der Waals surface area contributed by atoms with Crippen molar-refractivity contribution in [3.8, 4) is 0 Å². The van der Waals surface area contributed by atoms with Gasteiger partial charge in [0.15, 0.2) is 0 Å². The van der Waals surface area contributed by atoms with Gasteiger partial charge in [0.1, 0.15) is 0 Å². The molecule has 0 spiro atoms. The summed E-state index contributed by atoms with van der Waals surface area (Å²) in [6.45, 7) is 5.48. The molecule has 2 heteroatoms. The van der Waals surface area contributed by atoms with Crippen LogP contribution in [0.5, 0.6) is 0 Å². The van der Waals surface area contributed by atoms with Gasteiger partial charge in [-0.1, -0.05) is 5.57 Å². The Morgan fingerprint density at radius 2 is 1.40 bits per heavy atom.